The summed E-state index contributed by atoms with van der Waals surface area (Å²) in [5.74, 6) is 1.65. The smallest absolute Gasteiger partial charge is 0.144 e. The zero-order valence-electron chi connectivity index (χ0n) is 11.6. The summed E-state index contributed by atoms with van der Waals surface area (Å²) in [5.41, 5.74) is 0.962. The zero-order valence-corrected chi connectivity index (χ0v) is 11.6. The van der Waals surface area contributed by atoms with Crippen molar-refractivity contribution in [3.8, 4) is 0 Å². The first-order valence-electron chi connectivity index (χ1n) is 6.55. The molecule has 0 amide bonds. The maximum Gasteiger partial charge on any atom is 0.144 e. The third-order valence-electron chi connectivity index (χ3n) is 2.77. The predicted octanol–water partition coefficient (Wildman–Crippen LogP) is 1.42. The Morgan fingerprint density at radius 3 is 2.72 bits per heavy atom. The molecule has 5 heteroatoms. The topological polar surface area (TPSA) is 61.3 Å². The average Bonchev–Trinajstić information content (AvgIpc) is 2.35. The van der Waals surface area contributed by atoms with Gasteiger partial charge in [0.1, 0.15) is 11.6 Å². The lowest BCUT2D eigenvalue weighted by Crippen LogP contribution is -2.28. The largest absolute Gasteiger partial charge is 0.395 e. The molecule has 1 aromatic rings. The highest BCUT2D eigenvalue weighted by Gasteiger charge is 2.08. The van der Waals surface area contributed by atoms with Gasteiger partial charge in [-0.3, -0.25) is 4.90 Å². The van der Waals surface area contributed by atoms with Crippen LogP contribution in [0.5, 0.6) is 0 Å². The van der Waals surface area contributed by atoms with Gasteiger partial charge < -0.3 is 10.4 Å². The Balaban J connectivity index is 2.69. The quantitative estimate of drug-likeness (QED) is 0.732. The van der Waals surface area contributed by atoms with E-state index in [-0.39, 0.29) is 6.61 Å². The van der Waals surface area contributed by atoms with Crippen LogP contribution in [0.3, 0.4) is 0 Å². The van der Waals surface area contributed by atoms with Gasteiger partial charge in [0.05, 0.1) is 13.2 Å². The third kappa shape index (κ3) is 4.98. The number of anilines is 1. The number of hydrogen-bond donors (Lipinski definition) is 2. The highest BCUT2D eigenvalue weighted by molar-refractivity contribution is 5.34. The van der Waals surface area contributed by atoms with E-state index in [2.05, 4.69) is 27.1 Å². The van der Waals surface area contributed by atoms with E-state index in [9.17, 15) is 0 Å². The predicted molar refractivity (Wildman–Crippen MR) is 73.6 cm³/mol. The number of nitrogens with zero attached hydrogens (tertiary/aromatic N) is 3. The van der Waals surface area contributed by atoms with Gasteiger partial charge >= 0.3 is 0 Å². The van der Waals surface area contributed by atoms with Crippen molar-refractivity contribution in [2.75, 3.05) is 32.1 Å². The van der Waals surface area contributed by atoms with Crippen LogP contribution in [0.2, 0.25) is 0 Å². The summed E-state index contributed by atoms with van der Waals surface area (Å²) in [6.07, 6.45) is 2.28. The Bertz CT molecular complexity index is 357. The number of rotatable bonds is 8. The molecule has 1 aromatic heterocycles. The molecule has 0 saturated heterocycles. The summed E-state index contributed by atoms with van der Waals surface area (Å²) in [6, 6.07) is 1.92. The van der Waals surface area contributed by atoms with E-state index in [1.165, 1.54) is 0 Å². The van der Waals surface area contributed by atoms with E-state index in [0.29, 0.717) is 13.1 Å². The Hall–Kier alpha value is -1.20. The molecule has 18 heavy (non-hydrogen) atoms. The van der Waals surface area contributed by atoms with E-state index >= 15 is 0 Å². The van der Waals surface area contributed by atoms with Crippen molar-refractivity contribution in [1.82, 2.24) is 14.9 Å². The minimum absolute atomic E-state index is 0.175. The summed E-state index contributed by atoms with van der Waals surface area (Å²) >= 11 is 0. The van der Waals surface area contributed by atoms with Crippen molar-refractivity contribution in [1.29, 1.82) is 0 Å². The number of hydrogen-bond acceptors (Lipinski definition) is 5. The van der Waals surface area contributed by atoms with Gasteiger partial charge in [-0.1, -0.05) is 13.3 Å². The average molecular weight is 252 g/mol. The van der Waals surface area contributed by atoms with Crippen molar-refractivity contribution in [2.45, 2.75) is 33.2 Å². The van der Waals surface area contributed by atoms with Gasteiger partial charge in [0.25, 0.3) is 0 Å². The Labute approximate surface area is 109 Å². The minimum Gasteiger partial charge on any atom is -0.395 e. The molecule has 0 fully saturated rings. The van der Waals surface area contributed by atoms with Crippen LogP contribution in [0.15, 0.2) is 6.07 Å². The lowest BCUT2D eigenvalue weighted by atomic mass is 10.3. The number of aryl methyl sites for hydroxylation is 1. The van der Waals surface area contributed by atoms with Gasteiger partial charge in [0.15, 0.2) is 0 Å². The fourth-order valence-corrected chi connectivity index (χ4v) is 1.82. The van der Waals surface area contributed by atoms with Crippen molar-refractivity contribution in [3.63, 3.8) is 0 Å². The normalized spacial score (nSPS) is 10.9. The second kappa shape index (κ2) is 8.00. The Kier molecular flexibility index (Phi) is 6.60. The second-order valence-electron chi connectivity index (χ2n) is 4.41. The van der Waals surface area contributed by atoms with Crippen LogP contribution >= 0.6 is 0 Å². The molecule has 0 bridgehead atoms. The molecule has 0 unspecified atom stereocenters. The van der Waals surface area contributed by atoms with E-state index in [0.717, 1.165) is 36.7 Å². The number of nitrogens with one attached hydrogen (secondary N) is 1. The van der Waals surface area contributed by atoms with Gasteiger partial charge in [-0.2, -0.15) is 0 Å². The lowest BCUT2D eigenvalue weighted by Gasteiger charge is -2.20. The van der Waals surface area contributed by atoms with Gasteiger partial charge in [-0.25, -0.2) is 9.97 Å². The number of aliphatic hydroxyl groups excluding tert-OH is 1. The van der Waals surface area contributed by atoms with Crippen molar-refractivity contribution in [3.05, 3.63) is 17.6 Å². The first-order chi connectivity index (χ1) is 8.69. The highest BCUT2D eigenvalue weighted by Crippen LogP contribution is 2.08. The summed E-state index contributed by atoms with van der Waals surface area (Å²) < 4.78 is 0. The molecule has 0 aliphatic carbocycles. The zero-order chi connectivity index (χ0) is 13.4. The minimum atomic E-state index is 0.175. The fraction of sp³-hybridized carbons (Fsp3) is 0.692. The second-order valence-corrected chi connectivity index (χ2v) is 4.41. The van der Waals surface area contributed by atoms with Crippen LogP contribution in [-0.2, 0) is 6.54 Å². The van der Waals surface area contributed by atoms with E-state index in [4.69, 9.17) is 5.11 Å². The molecule has 0 spiro atoms. The fourth-order valence-electron chi connectivity index (χ4n) is 1.82. The number of aliphatic hydroxyl groups is 1. The molecule has 0 aliphatic heterocycles. The summed E-state index contributed by atoms with van der Waals surface area (Å²) in [6.45, 7) is 6.65. The molecule has 0 aromatic carbocycles. The van der Waals surface area contributed by atoms with Crippen LogP contribution in [-0.4, -0.2) is 46.7 Å². The lowest BCUT2D eigenvalue weighted by molar-refractivity contribution is 0.185. The van der Waals surface area contributed by atoms with Gasteiger partial charge in [-0.05, 0) is 19.9 Å². The first kappa shape index (κ1) is 14.9. The van der Waals surface area contributed by atoms with Crippen LogP contribution < -0.4 is 5.32 Å². The summed E-state index contributed by atoms with van der Waals surface area (Å²) in [5, 5.41) is 12.1. The van der Waals surface area contributed by atoms with E-state index in [1.807, 2.05) is 20.0 Å². The molecule has 1 rings (SSSR count). The van der Waals surface area contributed by atoms with E-state index < -0.39 is 0 Å². The SMILES string of the molecule is CCCCN(CCO)Cc1nc(C)cc(NC)n1. The molecule has 2 N–H and O–H groups in total. The number of aromatic nitrogens is 2. The maximum atomic E-state index is 9.07. The Morgan fingerprint density at radius 1 is 1.33 bits per heavy atom. The molecular weight excluding hydrogens is 228 g/mol. The monoisotopic (exact) mass is 252 g/mol. The van der Waals surface area contributed by atoms with Gasteiger partial charge in [0, 0.05) is 25.4 Å². The van der Waals surface area contributed by atoms with Crippen LogP contribution in [0.4, 0.5) is 5.82 Å². The molecule has 0 aliphatic rings. The summed E-state index contributed by atoms with van der Waals surface area (Å²) in [7, 11) is 1.86. The molecule has 0 radical (unpaired) electrons. The molecule has 0 saturated carbocycles. The van der Waals surface area contributed by atoms with Crippen LogP contribution in [0.25, 0.3) is 0 Å². The molecule has 1 heterocycles. The summed E-state index contributed by atoms with van der Waals surface area (Å²) in [4.78, 5) is 11.1. The highest BCUT2D eigenvalue weighted by atomic mass is 16.3. The van der Waals surface area contributed by atoms with E-state index in [1.54, 1.807) is 0 Å². The molecule has 5 nitrogen and oxygen atoms in total. The van der Waals surface area contributed by atoms with Crippen LogP contribution in [0, 0.1) is 6.92 Å². The number of unbranched alkanes of at least 4 members (excludes halogenated alkanes) is 1. The van der Waals surface area contributed by atoms with Crippen molar-refractivity contribution >= 4 is 5.82 Å². The molecular formula is C13H24N4O. The Morgan fingerprint density at radius 2 is 2.11 bits per heavy atom. The molecule has 0 atom stereocenters. The standard InChI is InChI=1S/C13H24N4O/c1-4-5-6-17(7-8-18)10-13-15-11(2)9-12(14-3)16-13/h9,18H,4-8,10H2,1-3H3,(H,14,15,16). The van der Waals surface area contributed by atoms with Crippen LogP contribution in [0.1, 0.15) is 31.3 Å². The maximum absolute atomic E-state index is 9.07. The van der Waals surface area contributed by atoms with Crippen molar-refractivity contribution < 1.29 is 5.11 Å². The molecule has 102 valence electrons. The first-order valence-corrected chi connectivity index (χ1v) is 6.55. The van der Waals surface area contributed by atoms with Gasteiger partial charge in [-0.15, -0.1) is 0 Å². The van der Waals surface area contributed by atoms with Gasteiger partial charge in [0.2, 0.25) is 0 Å². The third-order valence-corrected chi connectivity index (χ3v) is 2.77. The van der Waals surface area contributed by atoms with Crippen molar-refractivity contribution in [2.24, 2.45) is 0 Å².